The van der Waals surface area contributed by atoms with E-state index in [1.54, 1.807) is 18.9 Å². The van der Waals surface area contributed by atoms with Gasteiger partial charge in [-0.1, -0.05) is 41.6 Å². The first-order valence-corrected chi connectivity index (χ1v) is 7.83. The van der Waals surface area contributed by atoms with Gasteiger partial charge < -0.3 is 9.30 Å². The Labute approximate surface area is 128 Å². The fourth-order valence-electron chi connectivity index (χ4n) is 1.85. The molecular formula is C14H18ClN3OS. The smallest absolute Gasteiger partial charge is 0.191 e. The maximum atomic E-state index is 6.17. The Kier molecular flexibility index (Phi) is 5.88. The molecule has 4 nitrogen and oxygen atoms in total. The summed E-state index contributed by atoms with van der Waals surface area (Å²) in [4.78, 5) is 0. The van der Waals surface area contributed by atoms with Gasteiger partial charge in [-0.2, -0.15) is 0 Å². The number of halogens is 1. The molecule has 108 valence electrons. The minimum atomic E-state index is 0.742. The van der Waals surface area contributed by atoms with Gasteiger partial charge in [0.25, 0.3) is 0 Å². The Bertz CT molecular complexity index is 559. The van der Waals surface area contributed by atoms with Crippen LogP contribution < -0.4 is 0 Å². The third-order valence-corrected chi connectivity index (χ3v) is 4.33. The number of benzene rings is 1. The van der Waals surface area contributed by atoms with Gasteiger partial charge in [0, 0.05) is 31.0 Å². The summed E-state index contributed by atoms with van der Waals surface area (Å²) in [5.74, 6) is 1.73. The monoisotopic (exact) mass is 311 g/mol. The molecular weight excluding hydrogens is 294 g/mol. The zero-order valence-electron chi connectivity index (χ0n) is 11.7. The molecule has 2 aromatic rings. The summed E-state index contributed by atoms with van der Waals surface area (Å²) in [7, 11) is 1.71. The number of nitrogens with zero attached hydrogens (tertiary/aromatic N) is 3. The van der Waals surface area contributed by atoms with Gasteiger partial charge in [-0.05, 0) is 25.0 Å². The quantitative estimate of drug-likeness (QED) is 0.579. The van der Waals surface area contributed by atoms with E-state index in [2.05, 4.69) is 14.8 Å². The predicted octanol–water partition coefficient (Wildman–Crippen LogP) is 3.57. The first kappa shape index (κ1) is 15.4. The van der Waals surface area contributed by atoms with Gasteiger partial charge in [0.1, 0.15) is 5.82 Å². The molecule has 6 heteroatoms. The predicted molar refractivity (Wildman–Crippen MR) is 82.3 cm³/mol. The van der Waals surface area contributed by atoms with E-state index < -0.39 is 0 Å². The van der Waals surface area contributed by atoms with Crippen LogP contribution in [0.4, 0.5) is 0 Å². The molecule has 2 rings (SSSR count). The lowest BCUT2D eigenvalue weighted by Gasteiger charge is -2.08. The van der Waals surface area contributed by atoms with Crippen molar-refractivity contribution in [3.8, 4) is 0 Å². The summed E-state index contributed by atoms with van der Waals surface area (Å²) in [5.41, 5.74) is 1.11. The summed E-state index contributed by atoms with van der Waals surface area (Å²) in [6.07, 6.45) is 0.953. The second-order valence-electron chi connectivity index (χ2n) is 4.41. The molecule has 1 aromatic carbocycles. The van der Waals surface area contributed by atoms with Crippen LogP contribution in [-0.2, 0) is 17.0 Å². The molecule has 0 unspecified atom stereocenters. The summed E-state index contributed by atoms with van der Waals surface area (Å²) in [5, 5.41) is 10.1. The Balaban J connectivity index is 2.01. The van der Waals surface area contributed by atoms with Crippen molar-refractivity contribution in [3.05, 3.63) is 40.7 Å². The number of hydrogen-bond donors (Lipinski definition) is 0. The van der Waals surface area contributed by atoms with Crippen LogP contribution in [0.3, 0.4) is 0 Å². The summed E-state index contributed by atoms with van der Waals surface area (Å²) >= 11 is 7.82. The number of thioether (sulfide) groups is 1. The van der Waals surface area contributed by atoms with E-state index in [0.717, 1.165) is 46.9 Å². The molecule has 0 fully saturated rings. The lowest BCUT2D eigenvalue weighted by atomic mass is 10.2. The highest BCUT2D eigenvalue weighted by Crippen LogP contribution is 2.26. The average Bonchev–Trinajstić information content (AvgIpc) is 2.79. The first-order valence-electron chi connectivity index (χ1n) is 6.47. The van der Waals surface area contributed by atoms with Gasteiger partial charge in [0.15, 0.2) is 5.16 Å². The van der Waals surface area contributed by atoms with E-state index in [1.165, 1.54) is 0 Å². The van der Waals surface area contributed by atoms with E-state index in [-0.39, 0.29) is 0 Å². The van der Waals surface area contributed by atoms with Crippen molar-refractivity contribution in [1.29, 1.82) is 0 Å². The molecule has 20 heavy (non-hydrogen) atoms. The van der Waals surface area contributed by atoms with Crippen molar-refractivity contribution >= 4 is 23.4 Å². The highest BCUT2D eigenvalue weighted by molar-refractivity contribution is 7.98. The molecule has 0 saturated carbocycles. The second kappa shape index (κ2) is 7.67. The normalized spacial score (nSPS) is 10.9. The molecule has 0 spiro atoms. The van der Waals surface area contributed by atoms with Crippen molar-refractivity contribution in [1.82, 2.24) is 14.8 Å². The van der Waals surface area contributed by atoms with Crippen LogP contribution in [-0.4, -0.2) is 28.5 Å². The average molecular weight is 312 g/mol. The van der Waals surface area contributed by atoms with E-state index >= 15 is 0 Å². The molecule has 0 N–H and O–H groups in total. The zero-order valence-corrected chi connectivity index (χ0v) is 13.2. The van der Waals surface area contributed by atoms with E-state index in [1.807, 2.05) is 31.2 Å². The molecule has 1 aromatic heterocycles. The third kappa shape index (κ3) is 3.98. The van der Waals surface area contributed by atoms with Crippen molar-refractivity contribution in [2.75, 3.05) is 13.7 Å². The van der Waals surface area contributed by atoms with Crippen LogP contribution in [0.15, 0.2) is 29.4 Å². The van der Waals surface area contributed by atoms with Crippen molar-refractivity contribution in [2.24, 2.45) is 0 Å². The molecule has 0 radical (unpaired) electrons. The van der Waals surface area contributed by atoms with Gasteiger partial charge in [-0.3, -0.25) is 0 Å². The Morgan fingerprint density at radius 2 is 2.10 bits per heavy atom. The van der Waals surface area contributed by atoms with E-state index in [4.69, 9.17) is 16.3 Å². The summed E-state index contributed by atoms with van der Waals surface area (Å²) < 4.78 is 7.21. The highest BCUT2D eigenvalue weighted by atomic mass is 35.5. The molecule has 0 aliphatic rings. The Morgan fingerprint density at radius 1 is 1.30 bits per heavy atom. The molecule has 0 amide bonds. The zero-order chi connectivity index (χ0) is 14.4. The van der Waals surface area contributed by atoms with Crippen LogP contribution in [0, 0.1) is 6.92 Å². The number of ether oxygens (including phenoxy) is 1. The van der Waals surface area contributed by atoms with Crippen LogP contribution in [0.25, 0.3) is 0 Å². The number of rotatable bonds is 7. The second-order valence-corrected chi connectivity index (χ2v) is 5.76. The lowest BCUT2D eigenvalue weighted by Crippen LogP contribution is -2.05. The van der Waals surface area contributed by atoms with Crippen LogP contribution in [0.2, 0.25) is 5.02 Å². The largest absolute Gasteiger partial charge is 0.385 e. The summed E-state index contributed by atoms with van der Waals surface area (Å²) in [6.45, 7) is 3.59. The third-order valence-electron chi connectivity index (χ3n) is 2.95. The van der Waals surface area contributed by atoms with Crippen molar-refractivity contribution in [3.63, 3.8) is 0 Å². The van der Waals surface area contributed by atoms with Gasteiger partial charge in [-0.15, -0.1) is 10.2 Å². The van der Waals surface area contributed by atoms with Gasteiger partial charge in [0.05, 0.1) is 0 Å². The van der Waals surface area contributed by atoms with Gasteiger partial charge in [0.2, 0.25) is 0 Å². The van der Waals surface area contributed by atoms with Crippen LogP contribution in [0.5, 0.6) is 0 Å². The maximum Gasteiger partial charge on any atom is 0.191 e. The van der Waals surface area contributed by atoms with E-state index in [9.17, 15) is 0 Å². The highest BCUT2D eigenvalue weighted by Gasteiger charge is 2.10. The molecule has 0 aliphatic carbocycles. The standard InChI is InChI=1S/C14H18ClN3OS/c1-11-16-17-14(18(11)8-5-9-19-2)20-10-12-6-3-4-7-13(12)15/h3-4,6-7H,5,8-10H2,1-2H3. The topological polar surface area (TPSA) is 39.9 Å². The molecule has 0 bridgehead atoms. The minimum absolute atomic E-state index is 0.742. The SMILES string of the molecule is COCCCn1c(C)nnc1SCc1ccccc1Cl. The lowest BCUT2D eigenvalue weighted by molar-refractivity contribution is 0.189. The maximum absolute atomic E-state index is 6.17. The minimum Gasteiger partial charge on any atom is -0.385 e. The van der Waals surface area contributed by atoms with E-state index in [0.29, 0.717) is 0 Å². The number of aryl methyl sites for hydroxylation is 1. The van der Waals surface area contributed by atoms with Crippen molar-refractivity contribution in [2.45, 2.75) is 30.8 Å². The summed E-state index contributed by atoms with van der Waals surface area (Å²) in [6, 6.07) is 7.88. The van der Waals surface area contributed by atoms with Gasteiger partial charge >= 0.3 is 0 Å². The Morgan fingerprint density at radius 3 is 2.85 bits per heavy atom. The molecule has 0 aliphatic heterocycles. The first-order chi connectivity index (χ1) is 9.72. The fourth-order valence-corrected chi connectivity index (χ4v) is 3.15. The van der Waals surface area contributed by atoms with Crippen LogP contribution >= 0.6 is 23.4 Å². The van der Waals surface area contributed by atoms with Crippen molar-refractivity contribution < 1.29 is 4.74 Å². The number of hydrogen-bond acceptors (Lipinski definition) is 4. The van der Waals surface area contributed by atoms with Gasteiger partial charge in [-0.25, -0.2) is 0 Å². The number of methoxy groups -OCH3 is 1. The number of aromatic nitrogens is 3. The Hall–Kier alpha value is -1.04. The molecule has 0 atom stereocenters. The molecule has 1 heterocycles. The fraction of sp³-hybridized carbons (Fsp3) is 0.429. The molecule has 0 saturated heterocycles. The van der Waals surface area contributed by atoms with Crippen LogP contribution in [0.1, 0.15) is 17.8 Å².